The SMILES string of the molecule is CCC(C)CCCCCCCCCCCCC(=O)O[C@H](COC(=O)CCCCCCCCC(C)CC)COP(=O)(O)OC[C@@H](O)COP(=O)(O)OC[C@@H](COC(=O)CCCCCCCCC(C)C)OC(=O)CCCCCCCCCCC(C)CC. The summed E-state index contributed by atoms with van der Waals surface area (Å²) in [5, 5.41) is 10.6. The van der Waals surface area contributed by atoms with Gasteiger partial charge in [0.2, 0.25) is 0 Å². The van der Waals surface area contributed by atoms with Gasteiger partial charge in [-0.15, -0.1) is 0 Å². The summed E-state index contributed by atoms with van der Waals surface area (Å²) in [5.74, 6) is 0.844. The maximum absolute atomic E-state index is 13.0. The Labute approximate surface area is 517 Å². The molecule has 5 unspecified atom stereocenters. The molecule has 0 heterocycles. The van der Waals surface area contributed by atoms with E-state index in [1.54, 1.807) is 0 Å². The first-order valence-corrected chi connectivity index (χ1v) is 37.3. The van der Waals surface area contributed by atoms with Gasteiger partial charge in [0.1, 0.15) is 19.3 Å². The highest BCUT2D eigenvalue weighted by molar-refractivity contribution is 7.47. The molecule has 19 heteroatoms. The molecule has 85 heavy (non-hydrogen) atoms. The first-order chi connectivity index (χ1) is 40.7. The highest BCUT2D eigenvalue weighted by Gasteiger charge is 2.30. The van der Waals surface area contributed by atoms with Gasteiger partial charge in [-0.2, -0.15) is 0 Å². The molecule has 0 amide bonds. The molecule has 0 saturated heterocycles. The van der Waals surface area contributed by atoms with E-state index >= 15 is 0 Å². The number of hydrogen-bond donors (Lipinski definition) is 3. The second-order valence-electron chi connectivity index (χ2n) is 25.1. The van der Waals surface area contributed by atoms with Gasteiger partial charge in [-0.05, 0) is 49.4 Å². The van der Waals surface area contributed by atoms with E-state index in [1.807, 2.05) is 0 Å². The maximum atomic E-state index is 13.0. The predicted octanol–water partition coefficient (Wildman–Crippen LogP) is 18.1. The van der Waals surface area contributed by atoms with Gasteiger partial charge >= 0.3 is 39.5 Å². The molecule has 0 radical (unpaired) electrons. The van der Waals surface area contributed by atoms with Gasteiger partial charge in [-0.25, -0.2) is 9.13 Å². The molecule has 0 aromatic carbocycles. The summed E-state index contributed by atoms with van der Waals surface area (Å²) < 4.78 is 68.1. The monoisotopic (exact) mass is 1250 g/mol. The smallest absolute Gasteiger partial charge is 0.462 e. The van der Waals surface area contributed by atoms with E-state index in [0.717, 1.165) is 120 Å². The van der Waals surface area contributed by atoms with Crippen LogP contribution in [-0.4, -0.2) is 96.7 Å². The van der Waals surface area contributed by atoms with E-state index in [0.29, 0.717) is 31.6 Å². The van der Waals surface area contributed by atoms with E-state index in [9.17, 15) is 43.2 Å². The fraction of sp³-hybridized carbons (Fsp3) is 0.939. The van der Waals surface area contributed by atoms with Gasteiger partial charge in [0, 0.05) is 25.7 Å². The predicted molar refractivity (Wildman–Crippen MR) is 340 cm³/mol. The molecule has 0 bridgehead atoms. The second-order valence-corrected chi connectivity index (χ2v) is 28.0. The average molecular weight is 1260 g/mol. The summed E-state index contributed by atoms with van der Waals surface area (Å²) >= 11 is 0. The van der Waals surface area contributed by atoms with Crippen LogP contribution in [0.2, 0.25) is 0 Å². The molecule has 8 atom stereocenters. The van der Waals surface area contributed by atoms with Crippen molar-refractivity contribution in [1.82, 2.24) is 0 Å². The summed E-state index contributed by atoms with van der Waals surface area (Å²) in [6.45, 7) is 14.0. The van der Waals surface area contributed by atoms with Gasteiger partial charge in [0.15, 0.2) is 12.2 Å². The lowest BCUT2D eigenvalue weighted by Gasteiger charge is -2.21. The van der Waals surface area contributed by atoms with Crippen molar-refractivity contribution in [3.63, 3.8) is 0 Å². The maximum Gasteiger partial charge on any atom is 0.472 e. The number of aliphatic hydroxyl groups excluding tert-OH is 1. The first kappa shape index (κ1) is 83.1. The molecule has 0 spiro atoms. The van der Waals surface area contributed by atoms with E-state index in [1.165, 1.54) is 109 Å². The minimum absolute atomic E-state index is 0.103. The van der Waals surface area contributed by atoms with Gasteiger partial charge < -0.3 is 33.8 Å². The van der Waals surface area contributed by atoms with Crippen LogP contribution >= 0.6 is 15.6 Å². The summed E-state index contributed by atoms with van der Waals surface area (Å²) in [7, 11) is -9.89. The van der Waals surface area contributed by atoms with Crippen LogP contribution in [0.4, 0.5) is 0 Å². The summed E-state index contributed by atoms with van der Waals surface area (Å²) in [5.41, 5.74) is 0. The van der Waals surface area contributed by atoms with Gasteiger partial charge in [-0.1, -0.05) is 267 Å². The van der Waals surface area contributed by atoms with Crippen LogP contribution < -0.4 is 0 Å². The second kappa shape index (κ2) is 56.1. The van der Waals surface area contributed by atoms with Crippen LogP contribution in [0, 0.1) is 23.7 Å². The van der Waals surface area contributed by atoms with Crippen molar-refractivity contribution in [3.05, 3.63) is 0 Å². The molecule has 0 aliphatic carbocycles. The minimum atomic E-state index is -4.95. The molecule has 0 fully saturated rings. The Morgan fingerprint density at radius 3 is 0.835 bits per heavy atom. The van der Waals surface area contributed by atoms with Gasteiger partial charge in [-0.3, -0.25) is 37.3 Å². The van der Waals surface area contributed by atoms with Crippen molar-refractivity contribution >= 4 is 39.5 Å². The summed E-state index contributed by atoms with van der Waals surface area (Å²) in [6, 6.07) is 0. The molecule has 504 valence electrons. The van der Waals surface area contributed by atoms with Crippen molar-refractivity contribution in [2.75, 3.05) is 39.6 Å². The molecule has 0 saturated carbocycles. The lowest BCUT2D eigenvalue weighted by molar-refractivity contribution is -0.161. The lowest BCUT2D eigenvalue weighted by atomic mass is 9.99. The molecule has 3 N–H and O–H groups in total. The highest BCUT2D eigenvalue weighted by atomic mass is 31.2. The van der Waals surface area contributed by atoms with Crippen molar-refractivity contribution in [2.24, 2.45) is 23.7 Å². The number of unbranched alkanes of at least 4 members (excludes halogenated alkanes) is 26. The number of esters is 4. The molecule has 0 aliphatic heterocycles. The van der Waals surface area contributed by atoms with Crippen molar-refractivity contribution in [2.45, 2.75) is 337 Å². The number of hydrogen-bond acceptors (Lipinski definition) is 15. The average Bonchev–Trinajstić information content (AvgIpc) is 3.48. The number of rotatable bonds is 63. The fourth-order valence-corrected chi connectivity index (χ4v) is 11.3. The number of phosphoric ester groups is 2. The molecule has 0 aliphatic rings. The Hall–Kier alpha value is -1.94. The zero-order valence-corrected chi connectivity index (χ0v) is 57.0. The van der Waals surface area contributed by atoms with Gasteiger partial charge in [0.05, 0.1) is 26.4 Å². The third-order valence-corrected chi connectivity index (χ3v) is 18.1. The third kappa shape index (κ3) is 57.0. The molecule has 0 rings (SSSR count). The Morgan fingerprint density at radius 2 is 0.565 bits per heavy atom. The summed E-state index contributed by atoms with van der Waals surface area (Å²) in [4.78, 5) is 72.3. The molecular weight excluding hydrogens is 1130 g/mol. The third-order valence-electron chi connectivity index (χ3n) is 16.2. The van der Waals surface area contributed by atoms with Crippen LogP contribution in [-0.2, 0) is 65.4 Å². The number of phosphoric acid groups is 2. The molecule has 0 aromatic rings. The van der Waals surface area contributed by atoms with Crippen LogP contribution in [0.3, 0.4) is 0 Å². The van der Waals surface area contributed by atoms with Gasteiger partial charge in [0.25, 0.3) is 0 Å². The van der Waals surface area contributed by atoms with E-state index in [-0.39, 0.29) is 25.7 Å². The minimum Gasteiger partial charge on any atom is -0.462 e. The lowest BCUT2D eigenvalue weighted by Crippen LogP contribution is -2.30. The van der Waals surface area contributed by atoms with Crippen LogP contribution in [0.25, 0.3) is 0 Å². The number of carbonyl (C=O) groups is 4. The van der Waals surface area contributed by atoms with Crippen molar-refractivity contribution in [3.8, 4) is 0 Å². The number of ether oxygens (including phenoxy) is 4. The Balaban J connectivity index is 5.26. The summed E-state index contributed by atoms with van der Waals surface area (Å²) in [6.07, 6.45) is 36.2. The van der Waals surface area contributed by atoms with Crippen LogP contribution in [0.1, 0.15) is 319 Å². The Morgan fingerprint density at radius 1 is 0.329 bits per heavy atom. The molecular formula is C66H128O17P2. The largest absolute Gasteiger partial charge is 0.472 e. The first-order valence-electron chi connectivity index (χ1n) is 34.3. The van der Waals surface area contributed by atoms with E-state index < -0.39 is 97.5 Å². The van der Waals surface area contributed by atoms with Crippen molar-refractivity contribution < 1.29 is 80.2 Å². The van der Waals surface area contributed by atoms with E-state index in [4.69, 9.17) is 37.0 Å². The number of aliphatic hydroxyl groups is 1. The Bertz CT molecular complexity index is 1700. The molecule has 0 aromatic heterocycles. The zero-order chi connectivity index (χ0) is 63.2. The quantitative estimate of drug-likeness (QED) is 0.0222. The van der Waals surface area contributed by atoms with Crippen molar-refractivity contribution in [1.29, 1.82) is 0 Å². The van der Waals surface area contributed by atoms with Crippen LogP contribution in [0.5, 0.6) is 0 Å². The normalized spacial score (nSPS) is 15.3. The molecule has 17 nitrogen and oxygen atoms in total. The standard InChI is InChI=1S/C66H128O17P2/c1-9-57(6)43-35-27-18-14-12-13-15-20-32-40-48-65(70)82-62(53-77-64(69)47-39-31-25-23-29-37-45-59(8)11-3)55-81-85(74,75)79-51-60(67)50-78-84(72,73)80-54-61(52-76-63(68)46-38-30-24-22-26-34-42-56(4)5)83-66(71)49-41-33-21-17-16-19-28-36-44-58(7)10-2/h56-62,67H,9-55H2,1-8H3,(H,72,73)(H,74,75)/t57?,58?,59?,60-,61+,62+/m0/s1. The van der Waals surface area contributed by atoms with E-state index in [2.05, 4.69) is 55.4 Å². The van der Waals surface area contributed by atoms with Crippen LogP contribution in [0.15, 0.2) is 0 Å². The highest BCUT2D eigenvalue weighted by Crippen LogP contribution is 2.45. The fourth-order valence-electron chi connectivity index (χ4n) is 9.69. The zero-order valence-electron chi connectivity index (χ0n) is 55.2. The Kier molecular flexibility index (Phi) is 54.8. The number of carbonyl (C=O) groups excluding carboxylic acids is 4. The topological polar surface area (TPSA) is 237 Å².